The Kier molecular flexibility index (Phi) is 3.47. The number of benzene rings is 2. The van der Waals surface area contributed by atoms with Crippen LogP contribution in [0.5, 0.6) is 0 Å². The lowest BCUT2D eigenvalue weighted by Gasteiger charge is -2.05. The van der Waals surface area contributed by atoms with E-state index < -0.39 is 0 Å². The Morgan fingerprint density at radius 2 is 1.81 bits per heavy atom. The summed E-state index contributed by atoms with van der Waals surface area (Å²) in [6.07, 6.45) is 0.605. The van der Waals surface area contributed by atoms with Gasteiger partial charge in [-0.25, -0.2) is 4.39 Å². The Labute approximate surface area is 104 Å². The molecule has 0 fully saturated rings. The van der Waals surface area contributed by atoms with E-state index in [0.29, 0.717) is 16.5 Å². The molecule has 2 aromatic rings. The monoisotopic (exact) mass is 254 g/mol. The maximum Gasteiger partial charge on any atom is 0.123 e. The van der Waals surface area contributed by atoms with Crippen LogP contribution in [0.15, 0.2) is 42.5 Å². The first-order valence-corrected chi connectivity index (χ1v) is 5.59. The zero-order chi connectivity index (χ0) is 11.5. The lowest BCUT2D eigenvalue weighted by Crippen LogP contribution is -1.90. The van der Waals surface area contributed by atoms with Crippen LogP contribution in [-0.4, -0.2) is 0 Å². The molecule has 0 bridgehead atoms. The Balaban J connectivity index is 2.27. The van der Waals surface area contributed by atoms with Gasteiger partial charge >= 0.3 is 0 Å². The number of hydrogen-bond acceptors (Lipinski definition) is 0. The van der Waals surface area contributed by atoms with E-state index >= 15 is 0 Å². The molecule has 2 rings (SSSR count). The molecule has 3 heteroatoms. The van der Waals surface area contributed by atoms with Gasteiger partial charge in [-0.2, -0.15) is 0 Å². The number of halogens is 3. The Morgan fingerprint density at radius 3 is 2.50 bits per heavy atom. The first-order valence-electron chi connectivity index (χ1n) is 4.83. The standard InChI is InChI=1S/C13H9Cl2F/c14-11-5-4-10(13(15)8-11)6-9-2-1-3-12(16)7-9/h1-5,7-8H,6H2. The van der Waals surface area contributed by atoms with Crippen LogP contribution < -0.4 is 0 Å². The van der Waals surface area contributed by atoms with Crippen LogP contribution >= 0.6 is 23.2 Å². The van der Waals surface area contributed by atoms with Crippen LogP contribution in [0.3, 0.4) is 0 Å². The van der Waals surface area contributed by atoms with Gasteiger partial charge in [0.15, 0.2) is 0 Å². The summed E-state index contributed by atoms with van der Waals surface area (Å²) in [6.45, 7) is 0. The van der Waals surface area contributed by atoms with Gasteiger partial charge in [0.05, 0.1) is 0 Å². The summed E-state index contributed by atoms with van der Waals surface area (Å²) in [5.74, 6) is -0.234. The average Bonchev–Trinajstić information content (AvgIpc) is 2.22. The van der Waals surface area contributed by atoms with Crippen molar-refractivity contribution in [1.82, 2.24) is 0 Å². The highest BCUT2D eigenvalue weighted by atomic mass is 35.5. The molecule has 16 heavy (non-hydrogen) atoms. The van der Waals surface area contributed by atoms with Gasteiger partial charge < -0.3 is 0 Å². The van der Waals surface area contributed by atoms with Crippen molar-refractivity contribution in [2.45, 2.75) is 6.42 Å². The highest BCUT2D eigenvalue weighted by Gasteiger charge is 2.03. The zero-order valence-electron chi connectivity index (χ0n) is 8.38. The molecule has 0 saturated heterocycles. The van der Waals surface area contributed by atoms with Crippen LogP contribution in [0, 0.1) is 5.82 Å². The normalized spacial score (nSPS) is 10.4. The van der Waals surface area contributed by atoms with Gasteiger partial charge in [-0.15, -0.1) is 0 Å². The van der Waals surface area contributed by atoms with E-state index in [4.69, 9.17) is 23.2 Å². The summed E-state index contributed by atoms with van der Waals surface area (Å²) in [6, 6.07) is 11.8. The van der Waals surface area contributed by atoms with Gasteiger partial charge in [0.25, 0.3) is 0 Å². The second-order valence-electron chi connectivity index (χ2n) is 3.54. The Morgan fingerprint density at radius 1 is 1.00 bits per heavy atom. The quantitative estimate of drug-likeness (QED) is 0.728. The van der Waals surface area contributed by atoms with Crippen LogP contribution in [0.2, 0.25) is 10.0 Å². The fourth-order valence-corrected chi connectivity index (χ4v) is 2.01. The smallest absolute Gasteiger partial charge is 0.123 e. The van der Waals surface area contributed by atoms with E-state index in [9.17, 15) is 4.39 Å². The van der Waals surface area contributed by atoms with Gasteiger partial charge in [-0.1, -0.05) is 41.4 Å². The second-order valence-corrected chi connectivity index (χ2v) is 4.39. The minimum absolute atomic E-state index is 0.234. The fourth-order valence-electron chi connectivity index (χ4n) is 1.53. The highest BCUT2D eigenvalue weighted by Crippen LogP contribution is 2.23. The summed E-state index contributed by atoms with van der Waals surface area (Å²) in [5, 5.41) is 1.21. The summed E-state index contributed by atoms with van der Waals surface area (Å²) in [7, 11) is 0. The van der Waals surface area contributed by atoms with Crippen molar-refractivity contribution in [2.24, 2.45) is 0 Å². The Hall–Kier alpha value is -1.05. The predicted octanol–water partition coefficient (Wildman–Crippen LogP) is 4.72. The first-order chi connectivity index (χ1) is 7.65. The molecule has 0 nitrogen and oxygen atoms in total. The molecule has 0 saturated carbocycles. The SMILES string of the molecule is Fc1cccc(Cc2ccc(Cl)cc2Cl)c1. The third-order valence-electron chi connectivity index (χ3n) is 2.30. The lowest BCUT2D eigenvalue weighted by molar-refractivity contribution is 0.626. The predicted molar refractivity (Wildman–Crippen MR) is 65.7 cm³/mol. The van der Waals surface area contributed by atoms with Crippen molar-refractivity contribution >= 4 is 23.2 Å². The molecular formula is C13H9Cl2F. The second kappa shape index (κ2) is 4.86. The van der Waals surface area contributed by atoms with Gasteiger partial charge in [0.2, 0.25) is 0 Å². The van der Waals surface area contributed by atoms with Crippen molar-refractivity contribution in [1.29, 1.82) is 0 Å². The number of hydrogen-bond donors (Lipinski definition) is 0. The van der Waals surface area contributed by atoms with Crippen LogP contribution in [0.4, 0.5) is 4.39 Å². The van der Waals surface area contributed by atoms with E-state index in [0.717, 1.165) is 11.1 Å². The van der Waals surface area contributed by atoms with Crippen molar-refractivity contribution in [2.75, 3.05) is 0 Å². The first kappa shape index (κ1) is 11.4. The molecule has 0 amide bonds. The summed E-state index contributed by atoms with van der Waals surface area (Å²) >= 11 is 11.8. The van der Waals surface area contributed by atoms with Crippen molar-refractivity contribution in [3.05, 3.63) is 69.5 Å². The van der Waals surface area contributed by atoms with Gasteiger partial charge in [0.1, 0.15) is 5.82 Å². The van der Waals surface area contributed by atoms with E-state index in [1.54, 1.807) is 18.2 Å². The molecule has 0 atom stereocenters. The molecule has 2 aromatic carbocycles. The molecule has 0 N–H and O–H groups in total. The van der Waals surface area contributed by atoms with Crippen LogP contribution in [0.25, 0.3) is 0 Å². The highest BCUT2D eigenvalue weighted by molar-refractivity contribution is 6.35. The van der Waals surface area contributed by atoms with Crippen molar-refractivity contribution in [3.8, 4) is 0 Å². The topological polar surface area (TPSA) is 0 Å². The minimum Gasteiger partial charge on any atom is -0.207 e. The molecule has 0 heterocycles. The molecule has 0 aliphatic heterocycles. The summed E-state index contributed by atoms with van der Waals surface area (Å²) in [5.41, 5.74) is 1.83. The zero-order valence-corrected chi connectivity index (χ0v) is 9.89. The summed E-state index contributed by atoms with van der Waals surface area (Å²) < 4.78 is 13.0. The van der Waals surface area contributed by atoms with E-state index in [-0.39, 0.29) is 5.82 Å². The largest absolute Gasteiger partial charge is 0.207 e. The molecule has 0 aliphatic carbocycles. The van der Waals surface area contributed by atoms with E-state index in [2.05, 4.69) is 0 Å². The van der Waals surface area contributed by atoms with Gasteiger partial charge in [0, 0.05) is 10.0 Å². The lowest BCUT2D eigenvalue weighted by atomic mass is 10.1. The van der Waals surface area contributed by atoms with Gasteiger partial charge in [-0.3, -0.25) is 0 Å². The fraction of sp³-hybridized carbons (Fsp3) is 0.0769. The minimum atomic E-state index is -0.234. The molecule has 0 aromatic heterocycles. The maximum atomic E-state index is 13.0. The third-order valence-corrected chi connectivity index (χ3v) is 2.89. The maximum absolute atomic E-state index is 13.0. The Bertz CT molecular complexity index is 509. The molecular weight excluding hydrogens is 246 g/mol. The van der Waals surface area contributed by atoms with Crippen molar-refractivity contribution < 1.29 is 4.39 Å². The van der Waals surface area contributed by atoms with Crippen LogP contribution in [0.1, 0.15) is 11.1 Å². The molecule has 0 radical (unpaired) electrons. The summed E-state index contributed by atoms with van der Waals surface area (Å²) in [4.78, 5) is 0. The van der Waals surface area contributed by atoms with Crippen molar-refractivity contribution in [3.63, 3.8) is 0 Å². The molecule has 0 spiro atoms. The molecule has 0 unspecified atom stereocenters. The third kappa shape index (κ3) is 2.75. The average molecular weight is 255 g/mol. The molecule has 82 valence electrons. The van der Waals surface area contributed by atoms with Gasteiger partial charge in [-0.05, 0) is 41.8 Å². The number of rotatable bonds is 2. The van der Waals surface area contributed by atoms with Crippen LogP contribution in [-0.2, 0) is 6.42 Å². The van der Waals surface area contributed by atoms with E-state index in [1.807, 2.05) is 12.1 Å². The molecule has 0 aliphatic rings. The van der Waals surface area contributed by atoms with E-state index in [1.165, 1.54) is 12.1 Å².